The number of aryl methyl sites for hydroxylation is 3. The third kappa shape index (κ3) is 4.88. The van der Waals surface area contributed by atoms with E-state index in [2.05, 4.69) is 137 Å². The summed E-state index contributed by atoms with van der Waals surface area (Å²) in [6.45, 7) is 0. The smallest absolute Gasteiger partial charge is 0.137 e. The molecule has 0 bridgehead atoms. The van der Waals surface area contributed by atoms with Crippen LogP contribution in [0.4, 0.5) is 17.1 Å². The first-order valence-corrected chi connectivity index (χ1v) is 18.2. The lowest BCUT2D eigenvalue weighted by molar-refractivity contribution is 0.665. The normalized spacial score (nSPS) is 11.9. The van der Waals surface area contributed by atoms with Gasteiger partial charge in [0.1, 0.15) is 33.1 Å². The maximum absolute atomic E-state index is 5.03. The van der Waals surface area contributed by atoms with Crippen molar-refractivity contribution >= 4 is 82.5 Å². The average molecular weight is 713 g/mol. The van der Waals surface area contributed by atoms with Crippen molar-refractivity contribution < 1.29 is 0 Å². The standard InChI is InChI=1S/C45H32N10/c1-52-46-37-16-9-17-38(43(37)49-52)55(40-23-21-36(42-45(40)51-54(3)48-42)35-15-8-13-27-10-6-7-14-33(27)35)39-22-20-34(41-44(39)50-53(2)47-41)31-19-18-30-24-28-11-4-5-12-29(28)25-32(30)26-31/h4-26H,1-3H3. The quantitative estimate of drug-likeness (QED) is 0.164. The molecule has 0 aliphatic heterocycles. The molecule has 10 heteroatoms. The second-order valence-electron chi connectivity index (χ2n) is 14.0. The molecule has 3 aromatic heterocycles. The molecule has 0 N–H and O–H groups in total. The summed E-state index contributed by atoms with van der Waals surface area (Å²) >= 11 is 0. The first kappa shape index (κ1) is 31.1. The van der Waals surface area contributed by atoms with Gasteiger partial charge in [-0.05, 0) is 98.0 Å². The summed E-state index contributed by atoms with van der Waals surface area (Å²) < 4.78 is 0. The lowest BCUT2D eigenvalue weighted by Crippen LogP contribution is -2.12. The average Bonchev–Trinajstić information content (AvgIpc) is 3.92. The Morgan fingerprint density at radius 3 is 1.67 bits per heavy atom. The second-order valence-corrected chi connectivity index (χ2v) is 14.0. The summed E-state index contributed by atoms with van der Waals surface area (Å²) in [4.78, 5) is 7.09. The third-order valence-corrected chi connectivity index (χ3v) is 10.5. The maximum atomic E-state index is 5.03. The Morgan fingerprint density at radius 2 is 0.909 bits per heavy atom. The van der Waals surface area contributed by atoms with Crippen molar-refractivity contribution in [1.82, 2.24) is 45.0 Å². The molecule has 10 nitrogen and oxygen atoms in total. The van der Waals surface area contributed by atoms with E-state index in [1.54, 1.807) is 14.4 Å². The van der Waals surface area contributed by atoms with Gasteiger partial charge in [0.05, 0.1) is 17.1 Å². The Morgan fingerprint density at radius 1 is 0.364 bits per heavy atom. The van der Waals surface area contributed by atoms with E-state index in [-0.39, 0.29) is 0 Å². The molecule has 262 valence electrons. The van der Waals surface area contributed by atoms with Gasteiger partial charge in [0.25, 0.3) is 0 Å². The Balaban J connectivity index is 1.16. The van der Waals surface area contributed by atoms with Crippen molar-refractivity contribution in [2.75, 3.05) is 4.90 Å². The lowest BCUT2D eigenvalue weighted by atomic mass is 9.96. The van der Waals surface area contributed by atoms with Gasteiger partial charge < -0.3 is 4.90 Å². The van der Waals surface area contributed by atoms with Gasteiger partial charge in [-0.15, -0.1) is 0 Å². The fourth-order valence-electron chi connectivity index (χ4n) is 8.14. The number of rotatable bonds is 5. The summed E-state index contributed by atoms with van der Waals surface area (Å²) in [5.41, 5.74) is 11.3. The molecule has 0 saturated carbocycles. The van der Waals surface area contributed by atoms with Crippen molar-refractivity contribution in [3.8, 4) is 22.3 Å². The molecule has 0 aliphatic rings. The molecule has 3 heterocycles. The van der Waals surface area contributed by atoms with Crippen LogP contribution in [0.5, 0.6) is 0 Å². The van der Waals surface area contributed by atoms with Gasteiger partial charge in [0.15, 0.2) is 0 Å². The van der Waals surface area contributed by atoms with E-state index in [4.69, 9.17) is 25.5 Å². The summed E-state index contributed by atoms with van der Waals surface area (Å²) in [5, 5.41) is 36.6. The minimum atomic E-state index is 0.745. The monoisotopic (exact) mass is 712 g/mol. The van der Waals surface area contributed by atoms with Crippen LogP contribution < -0.4 is 4.90 Å². The fourth-order valence-corrected chi connectivity index (χ4v) is 8.14. The zero-order valence-electron chi connectivity index (χ0n) is 30.3. The van der Waals surface area contributed by atoms with Crippen LogP contribution in [0.25, 0.3) is 87.7 Å². The molecule has 0 spiro atoms. The summed E-state index contributed by atoms with van der Waals surface area (Å²) in [5.74, 6) is 0. The minimum Gasteiger partial charge on any atom is -0.304 e. The van der Waals surface area contributed by atoms with Crippen LogP contribution >= 0.6 is 0 Å². The van der Waals surface area contributed by atoms with Crippen molar-refractivity contribution in [1.29, 1.82) is 0 Å². The van der Waals surface area contributed by atoms with Gasteiger partial charge in [-0.2, -0.15) is 45.0 Å². The highest BCUT2D eigenvalue weighted by Gasteiger charge is 2.27. The number of benzene rings is 8. The van der Waals surface area contributed by atoms with Gasteiger partial charge >= 0.3 is 0 Å². The SMILES string of the molecule is Cn1nc2cccc(N(c3ccc(-c4ccc5cc6ccccc6cc5c4)c4nn(C)nc34)c3ccc(-c4cccc5ccccc45)c4nn(C)nc34)c2n1. The Labute approximate surface area is 314 Å². The van der Waals surface area contributed by atoms with Crippen LogP contribution in [0, 0.1) is 0 Å². The molecule has 0 fully saturated rings. The molecule has 0 amide bonds. The van der Waals surface area contributed by atoms with E-state index in [1.165, 1.54) is 26.9 Å². The highest BCUT2D eigenvalue weighted by Crippen LogP contribution is 2.46. The minimum absolute atomic E-state index is 0.745. The van der Waals surface area contributed by atoms with Gasteiger partial charge in [-0.1, -0.05) is 84.9 Å². The Hall–Kier alpha value is -7.46. The molecule has 0 saturated heterocycles. The fraction of sp³-hybridized carbons (Fsp3) is 0.0667. The number of hydrogen-bond acceptors (Lipinski definition) is 7. The molecule has 8 aromatic carbocycles. The lowest BCUT2D eigenvalue weighted by Gasteiger charge is -2.26. The zero-order valence-corrected chi connectivity index (χ0v) is 30.3. The van der Waals surface area contributed by atoms with Crippen molar-refractivity contribution in [2.24, 2.45) is 21.1 Å². The van der Waals surface area contributed by atoms with Crippen LogP contribution in [0.3, 0.4) is 0 Å². The molecule has 0 atom stereocenters. The van der Waals surface area contributed by atoms with E-state index < -0.39 is 0 Å². The molecular formula is C45H32N10. The Bertz CT molecular complexity index is 3330. The van der Waals surface area contributed by atoms with Gasteiger partial charge in [-0.3, -0.25) is 0 Å². The molecule has 11 rings (SSSR count). The van der Waals surface area contributed by atoms with Crippen LogP contribution in [-0.2, 0) is 21.1 Å². The summed E-state index contributed by atoms with van der Waals surface area (Å²) in [6.07, 6.45) is 0. The van der Waals surface area contributed by atoms with Crippen molar-refractivity contribution in [2.45, 2.75) is 0 Å². The topological polar surface area (TPSA) is 95.4 Å². The van der Waals surface area contributed by atoms with Gasteiger partial charge in [-0.25, -0.2) is 0 Å². The summed E-state index contributed by atoms with van der Waals surface area (Å²) in [6, 6.07) is 49.1. The maximum Gasteiger partial charge on any atom is 0.137 e. The number of nitrogens with zero attached hydrogens (tertiary/aromatic N) is 10. The largest absolute Gasteiger partial charge is 0.304 e. The number of hydrogen-bond donors (Lipinski definition) is 0. The van der Waals surface area contributed by atoms with Gasteiger partial charge in [0, 0.05) is 32.3 Å². The molecule has 0 radical (unpaired) electrons. The summed E-state index contributed by atoms with van der Waals surface area (Å²) in [7, 11) is 5.58. The molecular weight excluding hydrogens is 681 g/mol. The van der Waals surface area contributed by atoms with Crippen molar-refractivity contribution in [3.63, 3.8) is 0 Å². The second kappa shape index (κ2) is 11.8. The Kier molecular flexibility index (Phi) is 6.66. The van der Waals surface area contributed by atoms with Crippen molar-refractivity contribution in [3.05, 3.63) is 140 Å². The predicted molar refractivity (Wildman–Crippen MR) is 221 cm³/mol. The highest BCUT2D eigenvalue weighted by molar-refractivity contribution is 6.11. The van der Waals surface area contributed by atoms with Crippen LogP contribution in [-0.4, -0.2) is 45.0 Å². The molecule has 11 aromatic rings. The van der Waals surface area contributed by atoms with E-state index in [0.29, 0.717) is 0 Å². The van der Waals surface area contributed by atoms with E-state index >= 15 is 0 Å². The predicted octanol–water partition coefficient (Wildman–Crippen LogP) is 9.80. The van der Waals surface area contributed by atoms with Crippen LogP contribution in [0.15, 0.2) is 140 Å². The number of aromatic nitrogens is 9. The number of anilines is 3. The first-order valence-electron chi connectivity index (χ1n) is 18.2. The van der Waals surface area contributed by atoms with E-state index in [1.807, 2.05) is 33.3 Å². The van der Waals surface area contributed by atoms with E-state index in [0.717, 1.165) is 77.8 Å². The first-order chi connectivity index (χ1) is 27.0. The zero-order chi connectivity index (χ0) is 36.8. The highest BCUT2D eigenvalue weighted by atomic mass is 15.5. The van der Waals surface area contributed by atoms with E-state index in [9.17, 15) is 0 Å². The molecule has 0 aliphatic carbocycles. The third-order valence-electron chi connectivity index (χ3n) is 10.5. The van der Waals surface area contributed by atoms with Crippen LogP contribution in [0.2, 0.25) is 0 Å². The number of fused-ring (bicyclic) bond motifs is 6. The van der Waals surface area contributed by atoms with Gasteiger partial charge in [0.2, 0.25) is 0 Å². The molecule has 0 unspecified atom stereocenters. The van der Waals surface area contributed by atoms with Crippen LogP contribution in [0.1, 0.15) is 0 Å². The molecule has 55 heavy (non-hydrogen) atoms.